The van der Waals surface area contributed by atoms with E-state index in [9.17, 15) is 9.59 Å². The molecule has 4 rings (SSSR count). The number of hydrogen-bond acceptors (Lipinski definition) is 5. The molecular formula is C23H25N3O3. The molecule has 0 spiro atoms. The monoisotopic (exact) mass is 391 g/mol. The van der Waals surface area contributed by atoms with Gasteiger partial charge in [0.15, 0.2) is 0 Å². The Morgan fingerprint density at radius 3 is 2.45 bits per heavy atom. The highest BCUT2D eigenvalue weighted by Crippen LogP contribution is 2.37. The van der Waals surface area contributed by atoms with Gasteiger partial charge in [-0.05, 0) is 37.0 Å². The number of rotatable bonds is 5. The number of piperidine rings is 1. The van der Waals surface area contributed by atoms with E-state index in [4.69, 9.17) is 4.74 Å². The number of carbonyl (C=O) groups is 2. The number of likely N-dealkylation sites (tertiary alicyclic amines) is 1. The third-order valence-electron chi connectivity index (χ3n) is 5.67. The lowest BCUT2D eigenvalue weighted by atomic mass is 9.97. The van der Waals surface area contributed by atoms with Crippen LogP contribution in [0, 0.1) is 5.92 Å². The molecule has 0 bridgehead atoms. The lowest BCUT2D eigenvalue weighted by Gasteiger charge is -2.32. The standard InChI is InChI=1S/C23H25N3O3/c1-16-10-13-25(14-11-16)21-20(18-8-3-4-9-19(18)29-2)22(27)26(23(21)28)15-17-7-5-6-12-24-17/h3-9,12,16H,10-11,13-15H2,1-2H3. The zero-order valence-electron chi connectivity index (χ0n) is 16.8. The topological polar surface area (TPSA) is 62.7 Å². The maximum absolute atomic E-state index is 13.4. The van der Waals surface area contributed by atoms with Gasteiger partial charge in [0, 0.05) is 24.8 Å². The van der Waals surface area contributed by atoms with Gasteiger partial charge in [0.1, 0.15) is 11.4 Å². The van der Waals surface area contributed by atoms with Crippen molar-refractivity contribution in [2.45, 2.75) is 26.3 Å². The summed E-state index contributed by atoms with van der Waals surface area (Å²) < 4.78 is 5.50. The molecule has 2 aromatic rings. The largest absolute Gasteiger partial charge is 0.496 e. The van der Waals surface area contributed by atoms with Crippen LogP contribution in [0.2, 0.25) is 0 Å². The van der Waals surface area contributed by atoms with Crippen LogP contribution in [0.25, 0.3) is 5.57 Å². The minimum atomic E-state index is -0.293. The molecule has 0 N–H and O–H groups in total. The van der Waals surface area contributed by atoms with E-state index in [1.165, 1.54) is 4.90 Å². The zero-order valence-corrected chi connectivity index (χ0v) is 16.8. The molecule has 1 saturated heterocycles. The fourth-order valence-electron chi connectivity index (χ4n) is 3.98. The van der Waals surface area contributed by atoms with Gasteiger partial charge in [0.25, 0.3) is 11.8 Å². The molecule has 150 valence electrons. The lowest BCUT2D eigenvalue weighted by Crippen LogP contribution is -2.38. The molecule has 0 unspecified atom stereocenters. The molecule has 2 aliphatic rings. The molecule has 2 aliphatic heterocycles. The fraction of sp³-hybridized carbons (Fsp3) is 0.348. The Labute approximate surface area is 170 Å². The molecule has 2 amide bonds. The second-order valence-corrected chi connectivity index (χ2v) is 7.61. The SMILES string of the molecule is COc1ccccc1C1=C(N2CCC(C)CC2)C(=O)N(Cc2ccccn2)C1=O. The molecule has 0 saturated carbocycles. The van der Waals surface area contributed by atoms with Crippen molar-refractivity contribution in [3.8, 4) is 5.75 Å². The van der Waals surface area contributed by atoms with Crippen LogP contribution in [0.4, 0.5) is 0 Å². The summed E-state index contributed by atoms with van der Waals surface area (Å²) in [6.45, 7) is 3.92. The Morgan fingerprint density at radius 2 is 1.76 bits per heavy atom. The molecule has 29 heavy (non-hydrogen) atoms. The number of aromatic nitrogens is 1. The summed E-state index contributed by atoms with van der Waals surface area (Å²) in [5.74, 6) is 0.666. The lowest BCUT2D eigenvalue weighted by molar-refractivity contribution is -0.138. The quantitative estimate of drug-likeness (QED) is 0.733. The minimum absolute atomic E-state index is 0.158. The van der Waals surface area contributed by atoms with Gasteiger partial charge in [-0.1, -0.05) is 31.2 Å². The summed E-state index contributed by atoms with van der Waals surface area (Å²) in [6, 6.07) is 12.9. The van der Waals surface area contributed by atoms with Crippen molar-refractivity contribution in [2.75, 3.05) is 20.2 Å². The number of pyridine rings is 1. The van der Waals surface area contributed by atoms with Crippen molar-refractivity contribution in [2.24, 2.45) is 5.92 Å². The number of ether oxygens (including phenoxy) is 1. The van der Waals surface area contributed by atoms with E-state index in [2.05, 4.69) is 16.8 Å². The number of amides is 2. The van der Waals surface area contributed by atoms with Crippen molar-refractivity contribution in [3.63, 3.8) is 0 Å². The van der Waals surface area contributed by atoms with Crippen LogP contribution in [-0.2, 0) is 16.1 Å². The van der Waals surface area contributed by atoms with Crippen LogP contribution in [0.3, 0.4) is 0 Å². The Bertz CT molecular complexity index is 947. The first-order valence-electron chi connectivity index (χ1n) is 9.99. The molecule has 3 heterocycles. The van der Waals surface area contributed by atoms with E-state index in [1.807, 2.05) is 42.5 Å². The van der Waals surface area contributed by atoms with Crippen molar-refractivity contribution >= 4 is 17.4 Å². The predicted octanol–water partition coefficient (Wildman–Crippen LogP) is 3.10. The van der Waals surface area contributed by atoms with Crippen LogP contribution in [0.15, 0.2) is 54.4 Å². The van der Waals surface area contributed by atoms with Gasteiger partial charge in [0.2, 0.25) is 0 Å². The Kier molecular flexibility index (Phi) is 5.34. The highest BCUT2D eigenvalue weighted by Gasteiger charge is 2.43. The van der Waals surface area contributed by atoms with Gasteiger partial charge < -0.3 is 9.64 Å². The van der Waals surface area contributed by atoms with Gasteiger partial charge in [-0.15, -0.1) is 0 Å². The molecule has 1 fully saturated rings. The molecule has 1 aromatic carbocycles. The minimum Gasteiger partial charge on any atom is -0.496 e. The number of carbonyl (C=O) groups excluding carboxylic acids is 2. The van der Waals surface area contributed by atoms with E-state index in [0.29, 0.717) is 34.2 Å². The Hall–Kier alpha value is -3.15. The number of nitrogens with zero attached hydrogens (tertiary/aromatic N) is 3. The molecule has 0 aliphatic carbocycles. The third kappa shape index (κ3) is 3.62. The molecule has 6 nitrogen and oxygen atoms in total. The van der Waals surface area contributed by atoms with E-state index in [1.54, 1.807) is 13.3 Å². The van der Waals surface area contributed by atoms with Crippen molar-refractivity contribution in [1.82, 2.24) is 14.8 Å². The van der Waals surface area contributed by atoms with E-state index < -0.39 is 0 Å². The van der Waals surface area contributed by atoms with Gasteiger partial charge in [-0.2, -0.15) is 0 Å². The van der Waals surface area contributed by atoms with Gasteiger partial charge in [-0.25, -0.2) is 0 Å². The van der Waals surface area contributed by atoms with Gasteiger partial charge in [0.05, 0.1) is 24.9 Å². The van der Waals surface area contributed by atoms with E-state index in [-0.39, 0.29) is 18.4 Å². The zero-order chi connectivity index (χ0) is 20.4. The number of hydrogen-bond donors (Lipinski definition) is 0. The van der Waals surface area contributed by atoms with Crippen molar-refractivity contribution in [1.29, 1.82) is 0 Å². The average Bonchev–Trinajstić information content (AvgIpc) is 2.99. The van der Waals surface area contributed by atoms with Crippen LogP contribution >= 0.6 is 0 Å². The first-order valence-corrected chi connectivity index (χ1v) is 9.99. The second-order valence-electron chi connectivity index (χ2n) is 7.61. The maximum Gasteiger partial charge on any atom is 0.278 e. The molecular weight excluding hydrogens is 366 g/mol. The first kappa shape index (κ1) is 19.2. The fourth-order valence-corrected chi connectivity index (χ4v) is 3.98. The van der Waals surface area contributed by atoms with Crippen LogP contribution in [0.5, 0.6) is 5.75 Å². The predicted molar refractivity (Wildman–Crippen MR) is 110 cm³/mol. The van der Waals surface area contributed by atoms with Crippen LogP contribution in [0.1, 0.15) is 31.0 Å². The molecule has 6 heteroatoms. The number of benzene rings is 1. The Morgan fingerprint density at radius 1 is 1.03 bits per heavy atom. The van der Waals surface area contributed by atoms with Gasteiger partial charge in [-0.3, -0.25) is 19.5 Å². The molecule has 0 atom stereocenters. The summed E-state index contributed by atoms with van der Waals surface area (Å²) in [4.78, 5) is 34.5. The van der Waals surface area contributed by atoms with E-state index in [0.717, 1.165) is 25.9 Å². The summed E-state index contributed by atoms with van der Waals surface area (Å²) >= 11 is 0. The average molecular weight is 391 g/mol. The summed E-state index contributed by atoms with van der Waals surface area (Å²) in [5.41, 5.74) is 2.26. The smallest absolute Gasteiger partial charge is 0.278 e. The van der Waals surface area contributed by atoms with Crippen molar-refractivity contribution in [3.05, 3.63) is 65.6 Å². The second kappa shape index (κ2) is 8.07. The maximum atomic E-state index is 13.4. The summed E-state index contributed by atoms with van der Waals surface area (Å²) in [6.07, 6.45) is 3.68. The number of para-hydroxylation sites is 1. The highest BCUT2D eigenvalue weighted by molar-refractivity contribution is 6.35. The number of methoxy groups -OCH3 is 1. The number of imide groups is 1. The Balaban J connectivity index is 1.77. The van der Waals surface area contributed by atoms with Crippen LogP contribution < -0.4 is 4.74 Å². The summed E-state index contributed by atoms with van der Waals surface area (Å²) in [5, 5.41) is 0. The van der Waals surface area contributed by atoms with Crippen molar-refractivity contribution < 1.29 is 14.3 Å². The molecule has 1 aromatic heterocycles. The third-order valence-corrected chi connectivity index (χ3v) is 5.67. The molecule has 0 radical (unpaired) electrons. The van der Waals surface area contributed by atoms with Gasteiger partial charge >= 0.3 is 0 Å². The first-order chi connectivity index (χ1) is 14.1. The van der Waals surface area contributed by atoms with Crippen LogP contribution in [-0.4, -0.2) is 46.8 Å². The highest BCUT2D eigenvalue weighted by atomic mass is 16.5. The van der Waals surface area contributed by atoms with E-state index >= 15 is 0 Å². The summed E-state index contributed by atoms with van der Waals surface area (Å²) in [7, 11) is 1.58. The normalized spacial score (nSPS) is 18.0.